The Morgan fingerprint density at radius 2 is 1.97 bits per heavy atom. The lowest BCUT2D eigenvalue weighted by atomic mass is 10.00. The molecule has 2 aromatic heterocycles. The number of imide groups is 1. The number of H-pyrrole nitrogens is 1. The van der Waals surface area contributed by atoms with Gasteiger partial charge in [0.1, 0.15) is 11.7 Å². The Hall–Kier alpha value is -4.34. The number of nitrogens with one attached hydrogen (secondary N) is 2. The van der Waals surface area contributed by atoms with E-state index in [1.807, 2.05) is 12.1 Å². The van der Waals surface area contributed by atoms with Crippen LogP contribution in [0.1, 0.15) is 50.5 Å². The third kappa shape index (κ3) is 3.65. The van der Waals surface area contributed by atoms with Gasteiger partial charge in [-0.05, 0) is 35.7 Å². The molecular formula is C23H20N6O4. The number of benzene rings is 1. The van der Waals surface area contributed by atoms with Gasteiger partial charge in [0.15, 0.2) is 0 Å². The van der Waals surface area contributed by atoms with Crippen LogP contribution in [0, 0.1) is 0 Å². The second kappa shape index (κ2) is 7.97. The first-order valence-corrected chi connectivity index (χ1v) is 10.5. The fourth-order valence-electron chi connectivity index (χ4n) is 4.42. The fraction of sp³-hybridized carbons (Fsp3) is 0.217. The average molecular weight is 444 g/mol. The monoisotopic (exact) mass is 444 g/mol. The summed E-state index contributed by atoms with van der Waals surface area (Å²) in [6, 6.07) is 10.1. The molecule has 4 N–H and O–H groups in total. The molecule has 1 aromatic carbocycles. The maximum absolute atomic E-state index is 13.0. The molecule has 2 aliphatic rings. The number of piperidine rings is 1. The molecule has 166 valence electrons. The van der Waals surface area contributed by atoms with Gasteiger partial charge in [0.2, 0.25) is 11.8 Å². The van der Waals surface area contributed by atoms with Crippen molar-refractivity contribution in [3.63, 3.8) is 0 Å². The number of amides is 4. The van der Waals surface area contributed by atoms with Gasteiger partial charge in [-0.1, -0.05) is 18.2 Å². The molecule has 10 nitrogen and oxygen atoms in total. The van der Waals surface area contributed by atoms with Gasteiger partial charge in [-0.25, -0.2) is 0 Å². The molecular weight excluding hydrogens is 424 g/mol. The Morgan fingerprint density at radius 3 is 2.76 bits per heavy atom. The van der Waals surface area contributed by atoms with E-state index in [0.717, 1.165) is 16.8 Å². The van der Waals surface area contributed by atoms with Crippen LogP contribution in [-0.2, 0) is 22.6 Å². The molecule has 0 radical (unpaired) electrons. The maximum Gasteiger partial charge on any atom is 0.267 e. The van der Waals surface area contributed by atoms with E-state index in [9.17, 15) is 19.2 Å². The molecule has 5 rings (SSSR count). The highest BCUT2D eigenvalue weighted by atomic mass is 16.2. The minimum atomic E-state index is -0.678. The predicted octanol–water partition coefficient (Wildman–Crippen LogP) is 0.922. The summed E-state index contributed by atoms with van der Waals surface area (Å²) in [5.41, 5.74) is 9.78. The van der Waals surface area contributed by atoms with Gasteiger partial charge in [0.25, 0.3) is 11.8 Å². The SMILES string of the molecule is NC(=O)c1ncccc1Cc1cc(-c2cccc3c2CN(C2CCC(=O)NC2=O)C3=O)n[nH]1. The van der Waals surface area contributed by atoms with Crippen molar-refractivity contribution in [3.05, 3.63) is 70.7 Å². The summed E-state index contributed by atoms with van der Waals surface area (Å²) in [6.45, 7) is 0.257. The third-order valence-electron chi connectivity index (χ3n) is 5.99. The molecule has 0 bridgehead atoms. The number of nitrogens with zero attached hydrogens (tertiary/aromatic N) is 3. The van der Waals surface area contributed by atoms with Crippen LogP contribution in [0.3, 0.4) is 0 Å². The summed E-state index contributed by atoms with van der Waals surface area (Å²) in [4.78, 5) is 54.1. The largest absolute Gasteiger partial charge is 0.364 e. The number of pyridine rings is 1. The van der Waals surface area contributed by atoms with E-state index in [1.165, 1.54) is 11.1 Å². The van der Waals surface area contributed by atoms with E-state index >= 15 is 0 Å². The highest BCUT2D eigenvalue weighted by molar-refractivity contribution is 6.06. The molecule has 1 unspecified atom stereocenters. The Labute approximate surface area is 188 Å². The van der Waals surface area contributed by atoms with Crippen LogP contribution in [0.15, 0.2) is 42.6 Å². The second-order valence-corrected chi connectivity index (χ2v) is 8.06. The predicted molar refractivity (Wildman–Crippen MR) is 116 cm³/mol. The number of rotatable bonds is 5. The van der Waals surface area contributed by atoms with Gasteiger partial charge in [-0.3, -0.25) is 34.6 Å². The molecule has 0 spiro atoms. The van der Waals surface area contributed by atoms with E-state index in [2.05, 4.69) is 20.5 Å². The van der Waals surface area contributed by atoms with Crippen molar-refractivity contribution in [1.29, 1.82) is 0 Å². The van der Waals surface area contributed by atoms with Crippen LogP contribution < -0.4 is 11.1 Å². The van der Waals surface area contributed by atoms with Crippen LogP contribution in [0.25, 0.3) is 11.3 Å². The number of hydrogen-bond acceptors (Lipinski definition) is 6. The zero-order valence-corrected chi connectivity index (χ0v) is 17.5. The van der Waals surface area contributed by atoms with Gasteiger partial charge in [0, 0.05) is 42.4 Å². The van der Waals surface area contributed by atoms with Crippen LogP contribution in [0.4, 0.5) is 0 Å². The number of carbonyl (C=O) groups is 4. The first-order valence-electron chi connectivity index (χ1n) is 10.5. The van der Waals surface area contributed by atoms with E-state index in [-0.39, 0.29) is 30.5 Å². The highest BCUT2D eigenvalue weighted by Gasteiger charge is 2.40. The van der Waals surface area contributed by atoms with Crippen molar-refractivity contribution in [1.82, 2.24) is 25.4 Å². The Morgan fingerprint density at radius 1 is 1.15 bits per heavy atom. The molecule has 10 heteroatoms. The lowest BCUT2D eigenvalue weighted by Gasteiger charge is -2.29. The van der Waals surface area contributed by atoms with Gasteiger partial charge >= 0.3 is 0 Å². The summed E-state index contributed by atoms with van der Waals surface area (Å²) in [6.07, 6.45) is 2.41. The number of primary amides is 1. The first kappa shape index (κ1) is 20.6. The molecule has 2 aliphatic heterocycles. The van der Waals surface area contributed by atoms with Gasteiger partial charge in [-0.15, -0.1) is 0 Å². The van der Waals surface area contributed by atoms with Crippen LogP contribution in [0.2, 0.25) is 0 Å². The zero-order valence-electron chi connectivity index (χ0n) is 17.5. The maximum atomic E-state index is 13.0. The number of nitrogens with two attached hydrogens (primary N) is 1. The molecule has 4 amide bonds. The molecule has 3 aromatic rings. The third-order valence-corrected chi connectivity index (χ3v) is 5.99. The smallest absolute Gasteiger partial charge is 0.267 e. The zero-order chi connectivity index (χ0) is 23.1. The Bertz CT molecular complexity index is 1310. The average Bonchev–Trinajstić information content (AvgIpc) is 3.39. The summed E-state index contributed by atoms with van der Waals surface area (Å²) < 4.78 is 0. The van der Waals surface area contributed by atoms with Gasteiger partial charge in [-0.2, -0.15) is 5.10 Å². The number of aromatic amines is 1. The molecule has 4 heterocycles. The number of aromatic nitrogens is 3. The van der Waals surface area contributed by atoms with Crippen LogP contribution in [-0.4, -0.2) is 49.8 Å². The Balaban J connectivity index is 1.42. The number of carbonyl (C=O) groups excluding carboxylic acids is 4. The van der Waals surface area contributed by atoms with Crippen molar-refractivity contribution >= 4 is 23.6 Å². The quantitative estimate of drug-likeness (QED) is 0.498. The fourth-order valence-corrected chi connectivity index (χ4v) is 4.42. The normalized spacial score (nSPS) is 17.8. The first-order chi connectivity index (χ1) is 15.9. The van der Waals surface area contributed by atoms with Crippen molar-refractivity contribution in [2.24, 2.45) is 5.73 Å². The van der Waals surface area contributed by atoms with Gasteiger partial charge in [0.05, 0.1) is 5.69 Å². The van der Waals surface area contributed by atoms with E-state index in [4.69, 9.17) is 5.73 Å². The van der Waals surface area contributed by atoms with E-state index < -0.39 is 17.9 Å². The van der Waals surface area contributed by atoms with Crippen molar-refractivity contribution in [2.45, 2.75) is 31.8 Å². The minimum Gasteiger partial charge on any atom is -0.364 e. The van der Waals surface area contributed by atoms with E-state index in [0.29, 0.717) is 29.7 Å². The second-order valence-electron chi connectivity index (χ2n) is 8.06. The van der Waals surface area contributed by atoms with Crippen molar-refractivity contribution in [2.75, 3.05) is 0 Å². The molecule has 0 aliphatic carbocycles. The lowest BCUT2D eigenvalue weighted by Crippen LogP contribution is -2.52. The summed E-state index contributed by atoms with van der Waals surface area (Å²) >= 11 is 0. The number of hydrogen-bond donors (Lipinski definition) is 3. The molecule has 1 saturated heterocycles. The van der Waals surface area contributed by atoms with Crippen molar-refractivity contribution in [3.8, 4) is 11.3 Å². The topological polar surface area (TPSA) is 151 Å². The van der Waals surface area contributed by atoms with E-state index in [1.54, 1.807) is 24.3 Å². The van der Waals surface area contributed by atoms with Gasteiger partial charge < -0.3 is 10.6 Å². The van der Waals surface area contributed by atoms with Crippen molar-refractivity contribution < 1.29 is 19.2 Å². The highest BCUT2D eigenvalue weighted by Crippen LogP contribution is 2.34. The molecule has 33 heavy (non-hydrogen) atoms. The minimum absolute atomic E-state index is 0.202. The summed E-state index contributed by atoms with van der Waals surface area (Å²) in [5.74, 6) is -1.60. The van der Waals surface area contributed by atoms with Crippen LogP contribution in [0.5, 0.6) is 0 Å². The summed E-state index contributed by atoms with van der Waals surface area (Å²) in [5, 5.41) is 9.70. The lowest BCUT2D eigenvalue weighted by molar-refractivity contribution is -0.136. The summed E-state index contributed by atoms with van der Waals surface area (Å²) in [7, 11) is 0. The molecule has 1 fully saturated rings. The molecule has 0 saturated carbocycles. The standard InChI is InChI=1S/C23H20N6O4/c24-21(31)20-12(3-2-8-25-20)9-13-10-17(28-27-13)14-4-1-5-15-16(14)11-29(23(15)33)18-6-7-19(30)26-22(18)32/h1-5,8,10,18H,6-7,9,11H2,(H2,24,31)(H,27,28)(H,26,30,32). The number of fused-ring (bicyclic) bond motifs is 1. The Kier molecular flexibility index (Phi) is 4.97. The van der Waals surface area contributed by atoms with Crippen LogP contribution >= 0.6 is 0 Å². The molecule has 1 atom stereocenters.